The molecule has 0 spiro atoms. The molecule has 0 amide bonds. The summed E-state index contributed by atoms with van der Waals surface area (Å²) in [6.45, 7) is 8.10. The molecule has 3 nitrogen and oxygen atoms in total. The normalized spacial score (nSPS) is 12.2. The molecule has 20 heavy (non-hydrogen) atoms. The maximum absolute atomic E-state index is 11.8. The van der Waals surface area contributed by atoms with Gasteiger partial charge in [0.05, 0.1) is 5.56 Å². The summed E-state index contributed by atoms with van der Waals surface area (Å²) >= 11 is 0. The second-order valence-electron chi connectivity index (χ2n) is 5.43. The summed E-state index contributed by atoms with van der Waals surface area (Å²) in [6, 6.07) is 5.51. The highest BCUT2D eigenvalue weighted by atomic mass is 17.2. The van der Waals surface area contributed by atoms with Gasteiger partial charge in [0, 0.05) is 0 Å². The van der Waals surface area contributed by atoms with Crippen molar-refractivity contribution in [3.63, 3.8) is 0 Å². The quantitative estimate of drug-likeness (QED) is 0.391. The van der Waals surface area contributed by atoms with Crippen LogP contribution in [-0.2, 0) is 9.78 Å². The highest BCUT2D eigenvalue weighted by molar-refractivity contribution is 5.89. The van der Waals surface area contributed by atoms with Crippen molar-refractivity contribution >= 4 is 5.97 Å². The van der Waals surface area contributed by atoms with Crippen molar-refractivity contribution in [2.24, 2.45) is 0 Å². The molecule has 0 aliphatic heterocycles. The van der Waals surface area contributed by atoms with Crippen LogP contribution >= 0.6 is 0 Å². The standard InChI is InChI=1S/C17H26O3/c1-5-6-7-8-9-15(4)19-20-17(18)16-11-10-13(2)14(3)12-16/h10-12,15H,5-9H2,1-4H3. The predicted octanol–water partition coefficient (Wildman–Crippen LogP) is 4.75. The maximum atomic E-state index is 11.8. The van der Waals surface area contributed by atoms with Crippen molar-refractivity contribution in [2.75, 3.05) is 0 Å². The van der Waals surface area contributed by atoms with Crippen LogP contribution in [0.4, 0.5) is 0 Å². The highest BCUT2D eigenvalue weighted by Crippen LogP contribution is 2.13. The molecular formula is C17H26O3. The Morgan fingerprint density at radius 1 is 1.15 bits per heavy atom. The Morgan fingerprint density at radius 2 is 1.90 bits per heavy atom. The number of hydrogen-bond acceptors (Lipinski definition) is 3. The number of carbonyl (C=O) groups is 1. The zero-order valence-electron chi connectivity index (χ0n) is 13.1. The van der Waals surface area contributed by atoms with Gasteiger partial charge in [-0.15, -0.1) is 0 Å². The topological polar surface area (TPSA) is 35.5 Å². The molecule has 0 bridgehead atoms. The van der Waals surface area contributed by atoms with E-state index in [9.17, 15) is 4.79 Å². The number of benzene rings is 1. The van der Waals surface area contributed by atoms with Crippen molar-refractivity contribution in [1.82, 2.24) is 0 Å². The number of aryl methyl sites for hydroxylation is 2. The van der Waals surface area contributed by atoms with E-state index in [1.54, 1.807) is 6.07 Å². The Morgan fingerprint density at radius 3 is 2.55 bits per heavy atom. The van der Waals surface area contributed by atoms with Crippen LogP contribution in [0.3, 0.4) is 0 Å². The van der Waals surface area contributed by atoms with Gasteiger partial charge in [-0.25, -0.2) is 4.79 Å². The minimum atomic E-state index is -0.423. The highest BCUT2D eigenvalue weighted by Gasteiger charge is 2.12. The van der Waals surface area contributed by atoms with E-state index >= 15 is 0 Å². The molecule has 112 valence electrons. The van der Waals surface area contributed by atoms with Gasteiger partial charge < -0.3 is 0 Å². The van der Waals surface area contributed by atoms with Gasteiger partial charge >= 0.3 is 5.97 Å². The first-order chi connectivity index (χ1) is 9.54. The van der Waals surface area contributed by atoms with E-state index in [1.165, 1.54) is 19.3 Å². The average molecular weight is 278 g/mol. The minimum absolute atomic E-state index is 0.0534. The SMILES string of the molecule is CCCCCCC(C)OOC(=O)c1ccc(C)c(C)c1. The lowest BCUT2D eigenvalue weighted by atomic mass is 10.1. The third kappa shape index (κ3) is 5.74. The Bertz CT molecular complexity index is 426. The minimum Gasteiger partial charge on any atom is -0.293 e. The number of hydrogen-bond donors (Lipinski definition) is 0. The van der Waals surface area contributed by atoms with Crippen molar-refractivity contribution in [1.29, 1.82) is 0 Å². The molecule has 1 aromatic rings. The first-order valence-electron chi connectivity index (χ1n) is 7.49. The Hall–Kier alpha value is -1.35. The van der Waals surface area contributed by atoms with Crippen LogP contribution in [0.5, 0.6) is 0 Å². The van der Waals surface area contributed by atoms with E-state index < -0.39 is 5.97 Å². The smallest absolute Gasteiger partial charge is 0.293 e. The maximum Gasteiger partial charge on any atom is 0.373 e. The second-order valence-corrected chi connectivity index (χ2v) is 5.43. The first-order valence-corrected chi connectivity index (χ1v) is 7.49. The van der Waals surface area contributed by atoms with Crippen molar-refractivity contribution < 1.29 is 14.6 Å². The summed E-state index contributed by atoms with van der Waals surface area (Å²) in [5.74, 6) is -0.423. The Balaban J connectivity index is 2.33. The lowest BCUT2D eigenvalue weighted by Gasteiger charge is -2.11. The van der Waals surface area contributed by atoms with Crippen molar-refractivity contribution in [2.45, 2.75) is 65.9 Å². The second kappa shape index (κ2) is 8.75. The van der Waals surface area contributed by atoms with Gasteiger partial charge in [0.25, 0.3) is 0 Å². The molecule has 0 aliphatic rings. The molecule has 3 heteroatoms. The molecule has 0 aromatic heterocycles. The molecule has 1 rings (SSSR count). The van der Waals surface area contributed by atoms with E-state index in [-0.39, 0.29) is 6.10 Å². The van der Waals surface area contributed by atoms with E-state index in [4.69, 9.17) is 9.78 Å². The number of rotatable bonds is 8. The average Bonchev–Trinajstić information content (AvgIpc) is 2.44. The number of carbonyl (C=O) groups excluding carboxylic acids is 1. The van der Waals surface area contributed by atoms with Gasteiger partial charge in [-0.2, -0.15) is 4.89 Å². The molecule has 0 heterocycles. The molecule has 0 fully saturated rings. The summed E-state index contributed by atoms with van der Waals surface area (Å²) in [5, 5.41) is 0. The zero-order chi connectivity index (χ0) is 15.0. The molecule has 1 unspecified atom stereocenters. The van der Waals surface area contributed by atoms with Gasteiger partial charge in [0.1, 0.15) is 6.10 Å². The summed E-state index contributed by atoms with van der Waals surface area (Å²) in [6.07, 6.45) is 5.64. The van der Waals surface area contributed by atoms with Crippen molar-refractivity contribution in [3.05, 3.63) is 34.9 Å². The molecule has 1 aromatic carbocycles. The van der Waals surface area contributed by atoms with Crippen LogP contribution in [0.15, 0.2) is 18.2 Å². The van der Waals surface area contributed by atoms with Gasteiger partial charge in [-0.3, -0.25) is 4.89 Å². The van der Waals surface area contributed by atoms with Gasteiger partial charge in [-0.1, -0.05) is 38.7 Å². The Labute approximate surface area is 122 Å². The molecule has 0 radical (unpaired) electrons. The summed E-state index contributed by atoms with van der Waals surface area (Å²) in [4.78, 5) is 21.9. The molecule has 0 saturated carbocycles. The van der Waals surface area contributed by atoms with Gasteiger partial charge in [0.2, 0.25) is 0 Å². The molecule has 1 atom stereocenters. The number of unbranched alkanes of at least 4 members (excludes halogenated alkanes) is 3. The monoisotopic (exact) mass is 278 g/mol. The third-order valence-electron chi connectivity index (χ3n) is 3.49. The lowest BCUT2D eigenvalue weighted by molar-refractivity contribution is -0.271. The van der Waals surface area contributed by atoms with Gasteiger partial charge in [-0.05, 0) is 50.5 Å². The van der Waals surface area contributed by atoms with Crippen LogP contribution in [0.2, 0.25) is 0 Å². The predicted molar refractivity (Wildman–Crippen MR) is 80.6 cm³/mol. The summed E-state index contributed by atoms with van der Waals surface area (Å²) in [7, 11) is 0. The first kappa shape index (κ1) is 16.7. The van der Waals surface area contributed by atoms with E-state index in [0.29, 0.717) is 5.56 Å². The largest absolute Gasteiger partial charge is 0.373 e. The fraction of sp³-hybridized carbons (Fsp3) is 0.588. The van der Waals surface area contributed by atoms with Crippen LogP contribution in [0.1, 0.15) is 67.4 Å². The molecule has 0 N–H and O–H groups in total. The lowest BCUT2D eigenvalue weighted by Crippen LogP contribution is -2.13. The van der Waals surface area contributed by atoms with Crippen molar-refractivity contribution in [3.8, 4) is 0 Å². The molecule has 0 aliphatic carbocycles. The van der Waals surface area contributed by atoms with Crippen LogP contribution in [0.25, 0.3) is 0 Å². The van der Waals surface area contributed by atoms with Crippen LogP contribution in [0, 0.1) is 13.8 Å². The van der Waals surface area contributed by atoms with Gasteiger partial charge in [0.15, 0.2) is 0 Å². The van der Waals surface area contributed by atoms with Crippen LogP contribution in [-0.4, -0.2) is 12.1 Å². The zero-order valence-corrected chi connectivity index (χ0v) is 13.1. The van der Waals surface area contributed by atoms with E-state index in [1.807, 2.05) is 32.9 Å². The summed E-state index contributed by atoms with van der Waals surface area (Å²) in [5.41, 5.74) is 2.77. The van der Waals surface area contributed by atoms with Crippen LogP contribution < -0.4 is 0 Å². The Kier molecular flexibility index (Phi) is 7.31. The van der Waals surface area contributed by atoms with E-state index in [2.05, 4.69) is 6.92 Å². The summed E-state index contributed by atoms with van der Waals surface area (Å²) < 4.78 is 0. The fourth-order valence-electron chi connectivity index (χ4n) is 1.95. The fourth-order valence-corrected chi connectivity index (χ4v) is 1.95. The molecule has 0 saturated heterocycles. The molecular weight excluding hydrogens is 252 g/mol. The van der Waals surface area contributed by atoms with E-state index in [0.717, 1.165) is 24.0 Å². The third-order valence-corrected chi connectivity index (χ3v) is 3.49.